The van der Waals surface area contributed by atoms with Gasteiger partial charge in [-0.15, -0.1) is 0 Å². The average Bonchev–Trinajstić information content (AvgIpc) is 2.72. The van der Waals surface area contributed by atoms with E-state index in [1.807, 2.05) is 13.0 Å². The summed E-state index contributed by atoms with van der Waals surface area (Å²) in [5.74, 6) is 0.975. The summed E-state index contributed by atoms with van der Waals surface area (Å²) in [5, 5.41) is 3.86. The van der Waals surface area contributed by atoms with Gasteiger partial charge in [-0.2, -0.15) is 0 Å². The minimum atomic E-state index is 0.367. The van der Waals surface area contributed by atoms with E-state index in [1.165, 1.54) is 0 Å². The summed E-state index contributed by atoms with van der Waals surface area (Å²) in [4.78, 5) is 2.38. The molecule has 1 aliphatic rings. The smallest absolute Gasteiger partial charge is 0.138 e. The van der Waals surface area contributed by atoms with Crippen molar-refractivity contribution >= 4 is 0 Å². The van der Waals surface area contributed by atoms with Gasteiger partial charge in [-0.05, 0) is 19.9 Å². The Bertz CT molecular complexity index is 297. The van der Waals surface area contributed by atoms with E-state index in [0.717, 1.165) is 43.9 Å². The Hall–Kier alpha value is -0.870. The molecule has 0 aliphatic carbocycles. The van der Waals surface area contributed by atoms with Gasteiger partial charge in [0, 0.05) is 31.6 Å². The van der Waals surface area contributed by atoms with E-state index in [4.69, 9.17) is 10.3 Å². The lowest BCUT2D eigenvalue weighted by Crippen LogP contribution is -2.28. The molecule has 0 spiro atoms. The van der Waals surface area contributed by atoms with Gasteiger partial charge in [0.25, 0.3) is 0 Å². The number of nitrogens with zero attached hydrogens (tertiary/aromatic N) is 2. The summed E-state index contributed by atoms with van der Waals surface area (Å²) in [6.45, 7) is 5.11. The molecule has 0 radical (unpaired) electrons. The first-order valence-electron chi connectivity index (χ1n) is 5.14. The minimum absolute atomic E-state index is 0.367. The van der Waals surface area contributed by atoms with E-state index in [0.29, 0.717) is 6.04 Å². The van der Waals surface area contributed by atoms with E-state index < -0.39 is 0 Å². The van der Waals surface area contributed by atoms with Crippen LogP contribution in [-0.2, 0) is 6.42 Å². The Kier molecular flexibility index (Phi) is 2.84. The molecule has 0 amide bonds. The van der Waals surface area contributed by atoms with Gasteiger partial charge in [0.15, 0.2) is 0 Å². The molecular formula is C10H17N3O. The third-order valence-corrected chi connectivity index (χ3v) is 2.66. The van der Waals surface area contributed by atoms with Crippen molar-refractivity contribution in [2.75, 3.05) is 19.6 Å². The first kappa shape index (κ1) is 9.68. The van der Waals surface area contributed by atoms with Crippen LogP contribution in [0.15, 0.2) is 10.6 Å². The van der Waals surface area contributed by atoms with Crippen LogP contribution in [0.4, 0.5) is 0 Å². The highest BCUT2D eigenvalue weighted by atomic mass is 16.5. The van der Waals surface area contributed by atoms with Crippen molar-refractivity contribution in [1.82, 2.24) is 10.1 Å². The summed E-state index contributed by atoms with van der Waals surface area (Å²) >= 11 is 0. The maximum absolute atomic E-state index is 5.82. The molecule has 1 fully saturated rings. The number of likely N-dealkylation sites (tertiary alicyclic amines) is 1. The van der Waals surface area contributed by atoms with Crippen LogP contribution in [-0.4, -0.2) is 35.7 Å². The molecule has 0 aromatic carbocycles. The molecule has 4 heteroatoms. The maximum Gasteiger partial charge on any atom is 0.138 e. The van der Waals surface area contributed by atoms with Crippen LogP contribution in [0.25, 0.3) is 0 Å². The third kappa shape index (κ3) is 2.33. The van der Waals surface area contributed by atoms with Gasteiger partial charge in [-0.3, -0.25) is 0 Å². The molecule has 1 aromatic heterocycles. The van der Waals surface area contributed by atoms with Crippen molar-refractivity contribution in [3.05, 3.63) is 17.5 Å². The van der Waals surface area contributed by atoms with Crippen LogP contribution < -0.4 is 5.73 Å². The van der Waals surface area contributed by atoms with Crippen molar-refractivity contribution in [2.45, 2.75) is 25.8 Å². The highest BCUT2D eigenvalue weighted by Gasteiger charge is 2.18. The fourth-order valence-electron chi connectivity index (χ4n) is 1.87. The van der Waals surface area contributed by atoms with Crippen molar-refractivity contribution in [3.63, 3.8) is 0 Å². The van der Waals surface area contributed by atoms with Crippen LogP contribution >= 0.6 is 0 Å². The second kappa shape index (κ2) is 4.11. The van der Waals surface area contributed by atoms with Crippen LogP contribution in [0.2, 0.25) is 0 Å². The van der Waals surface area contributed by atoms with Gasteiger partial charge in [0.05, 0.1) is 5.69 Å². The van der Waals surface area contributed by atoms with Crippen LogP contribution in [0, 0.1) is 6.92 Å². The Labute approximate surface area is 84.0 Å². The normalized spacial score (nSPS) is 23.1. The molecule has 1 saturated heterocycles. The zero-order valence-corrected chi connectivity index (χ0v) is 8.57. The van der Waals surface area contributed by atoms with Gasteiger partial charge >= 0.3 is 0 Å². The SMILES string of the molecule is Cc1cc(CCN2CCC(N)C2)on1. The first-order valence-corrected chi connectivity index (χ1v) is 5.14. The molecule has 1 aromatic rings. The molecule has 2 N–H and O–H groups in total. The van der Waals surface area contributed by atoms with Gasteiger partial charge < -0.3 is 15.2 Å². The Morgan fingerprint density at radius 3 is 3.14 bits per heavy atom. The van der Waals surface area contributed by atoms with Gasteiger partial charge in [0.1, 0.15) is 5.76 Å². The number of aryl methyl sites for hydroxylation is 1. The predicted molar refractivity (Wildman–Crippen MR) is 54.0 cm³/mol. The first-order chi connectivity index (χ1) is 6.74. The highest BCUT2D eigenvalue weighted by molar-refractivity contribution is 5.03. The lowest BCUT2D eigenvalue weighted by atomic mass is 10.3. The van der Waals surface area contributed by atoms with Gasteiger partial charge in [0.2, 0.25) is 0 Å². The summed E-state index contributed by atoms with van der Waals surface area (Å²) < 4.78 is 5.14. The van der Waals surface area contributed by atoms with Crippen molar-refractivity contribution < 1.29 is 4.52 Å². The van der Waals surface area contributed by atoms with E-state index in [9.17, 15) is 0 Å². The van der Waals surface area contributed by atoms with E-state index in [2.05, 4.69) is 10.1 Å². The van der Waals surface area contributed by atoms with Crippen LogP contribution in [0.1, 0.15) is 17.9 Å². The molecule has 78 valence electrons. The average molecular weight is 195 g/mol. The topological polar surface area (TPSA) is 55.3 Å². The number of aromatic nitrogens is 1. The summed E-state index contributed by atoms with van der Waals surface area (Å²) in [7, 11) is 0. The van der Waals surface area contributed by atoms with Crippen molar-refractivity contribution in [3.8, 4) is 0 Å². The standard InChI is InChI=1S/C10H17N3O/c1-8-6-10(14-12-8)3-5-13-4-2-9(11)7-13/h6,9H,2-5,7,11H2,1H3. The fraction of sp³-hybridized carbons (Fsp3) is 0.700. The third-order valence-electron chi connectivity index (χ3n) is 2.66. The molecule has 2 heterocycles. The largest absolute Gasteiger partial charge is 0.361 e. The number of rotatable bonds is 3. The number of hydrogen-bond acceptors (Lipinski definition) is 4. The second-order valence-electron chi connectivity index (χ2n) is 4.03. The quantitative estimate of drug-likeness (QED) is 0.765. The molecule has 0 bridgehead atoms. The molecule has 14 heavy (non-hydrogen) atoms. The van der Waals surface area contributed by atoms with E-state index >= 15 is 0 Å². The monoisotopic (exact) mass is 195 g/mol. The molecule has 0 saturated carbocycles. The number of hydrogen-bond donors (Lipinski definition) is 1. The Morgan fingerprint density at radius 1 is 1.71 bits per heavy atom. The van der Waals surface area contributed by atoms with Crippen molar-refractivity contribution in [2.24, 2.45) is 5.73 Å². The predicted octanol–water partition coefficient (Wildman–Crippen LogP) is 0.559. The zero-order chi connectivity index (χ0) is 9.97. The lowest BCUT2D eigenvalue weighted by Gasteiger charge is -2.13. The van der Waals surface area contributed by atoms with E-state index in [-0.39, 0.29) is 0 Å². The maximum atomic E-state index is 5.82. The summed E-state index contributed by atoms with van der Waals surface area (Å²) in [6, 6.07) is 2.36. The molecule has 4 nitrogen and oxygen atoms in total. The Balaban J connectivity index is 1.77. The Morgan fingerprint density at radius 2 is 2.57 bits per heavy atom. The molecular weight excluding hydrogens is 178 g/mol. The summed E-state index contributed by atoms with van der Waals surface area (Å²) in [5.41, 5.74) is 6.78. The van der Waals surface area contributed by atoms with Crippen molar-refractivity contribution in [1.29, 1.82) is 0 Å². The van der Waals surface area contributed by atoms with E-state index in [1.54, 1.807) is 0 Å². The van der Waals surface area contributed by atoms with Crippen LogP contribution in [0.3, 0.4) is 0 Å². The fourth-order valence-corrected chi connectivity index (χ4v) is 1.87. The molecule has 1 unspecified atom stereocenters. The molecule has 2 rings (SSSR count). The molecule has 1 atom stereocenters. The lowest BCUT2D eigenvalue weighted by molar-refractivity contribution is 0.311. The second-order valence-corrected chi connectivity index (χ2v) is 4.03. The summed E-state index contributed by atoms with van der Waals surface area (Å²) in [6.07, 6.45) is 2.06. The molecule has 1 aliphatic heterocycles. The highest BCUT2D eigenvalue weighted by Crippen LogP contribution is 2.09. The minimum Gasteiger partial charge on any atom is -0.361 e. The van der Waals surface area contributed by atoms with Crippen LogP contribution in [0.5, 0.6) is 0 Å². The number of nitrogens with two attached hydrogens (primary N) is 1. The van der Waals surface area contributed by atoms with Gasteiger partial charge in [-0.1, -0.05) is 5.16 Å². The zero-order valence-electron chi connectivity index (χ0n) is 8.57. The van der Waals surface area contributed by atoms with Gasteiger partial charge in [-0.25, -0.2) is 0 Å².